The summed E-state index contributed by atoms with van der Waals surface area (Å²) >= 11 is 15.7. The quantitative estimate of drug-likeness (QED) is 0.596. The molecule has 0 radical (unpaired) electrons. The predicted molar refractivity (Wildman–Crippen MR) is 33.3 cm³/mol. The minimum atomic E-state index is -1.88. The first-order valence-corrected chi connectivity index (χ1v) is 3.16. The molecule has 1 heterocycles. The number of tetrazole rings is 1. The van der Waals surface area contributed by atoms with Crippen LogP contribution >= 0.6 is 34.8 Å². The Kier molecular flexibility index (Phi) is 1.98. The normalized spacial score (nSPS) is 12.0. The van der Waals surface area contributed by atoms with E-state index in [-0.39, 0.29) is 0 Å². The van der Waals surface area contributed by atoms with Crippen molar-refractivity contribution in [3.05, 3.63) is 6.08 Å². The third-order valence-corrected chi connectivity index (χ3v) is 1.07. The molecule has 0 saturated heterocycles. The molecule has 0 aromatic carbocycles. The maximum Gasteiger partial charge on any atom is 0.347 e. The van der Waals surface area contributed by atoms with Crippen LogP contribution in [-0.2, 0) is 3.92 Å². The zero-order valence-corrected chi connectivity index (χ0v) is 6.57. The molecule has 0 saturated carbocycles. The van der Waals surface area contributed by atoms with E-state index in [0.717, 1.165) is 0 Å². The first kappa shape index (κ1) is 7.97. The molecule has 0 N–H and O–H groups in total. The third kappa shape index (κ3) is 1.68. The summed E-state index contributed by atoms with van der Waals surface area (Å²) in [5, 5.41) is 8.95. The minimum absolute atomic E-state index is 0.535. The molecule has 10 heavy (non-hydrogen) atoms. The molecule has 1 aromatic rings. The molecule has 4 nitrogen and oxygen atoms in total. The summed E-state index contributed by atoms with van der Waals surface area (Å²) < 4.78 is 10.1. The van der Waals surface area contributed by atoms with Gasteiger partial charge in [0.1, 0.15) is 0 Å². The molecule has 0 spiro atoms. The van der Waals surface area contributed by atoms with E-state index in [2.05, 4.69) is 15.4 Å². The van der Waals surface area contributed by atoms with Gasteiger partial charge in [0.25, 0.3) is 0 Å². The van der Waals surface area contributed by atoms with Crippen molar-refractivity contribution in [2.75, 3.05) is 0 Å². The maximum absolute atomic E-state index is 12.0. The standard InChI is InChI=1S/C2Cl3FN4/c3-2(4,5)10-8-1(6)7-9-10. The minimum Gasteiger partial charge on any atom is -0.158 e. The summed E-state index contributed by atoms with van der Waals surface area (Å²) in [7, 11) is 0. The average molecular weight is 205 g/mol. The van der Waals surface area contributed by atoms with E-state index in [4.69, 9.17) is 34.8 Å². The van der Waals surface area contributed by atoms with Gasteiger partial charge >= 0.3 is 9.99 Å². The van der Waals surface area contributed by atoms with Gasteiger partial charge in [-0.25, -0.2) is 0 Å². The van der Waals surface area contributed by atoms with Crippen LogP contribution in [0.3, 0.4) is 0 Å². The lowest BCUT2D eigenvalue weighted by Crippen LogP contribution is -2.16. The molecule has 0 aliphatic heterocycles. The Hall–Kier alpha value is -0.130. The van der Waals surface area contributed by atoms with Gasteiger partial charge in [0, 0.05) is 0 Å². The van der Waals surface area contributed by atoms with Gasteiger partial charge in [-0.1, -0.05) is 45.0 Å². The summed E-state index contributed by atoms with van der Waals surface area (Å²) in [6, 6.07) is 0. The van der Waals surface area contributed by atoms with Crippen molar-refractivity contribution in [3.63, 3.8) is 0 Å². The van der Waals surface area contributed by atoms with Gasteiger partial charge in [-0.3, -0.25) is 0 Å². The fourth-order valence-corrected chi connectivity index (χ4v) is 0.520. The molecule has 0 amide bonds. The van der Waals surface area contributed by atoms with Crippen LogP contribution in [0.25, 0.3) is 0 Å². The Bertz CT molecular complexity index is 229. The van der Waals surface area contributed by atoms with Gasteiger partial charge in [0.15, 0.2) is 0 Å². The van der Waals surface area contributed by atoms with Crippen LogP contribution in [0.5, 0.6) is 0 Å². The van der Waals surface area contributed by atoms with E-state index in [1.165, 1.54) is 0 Å². The molecule has 0 atom stereocenters. The smallest absolute Gasteiger partial charge is 0.158 e. The van der Waals surface area contributed by atoms with E-state index < -0.39 is 9.99 Å². The highest BCUT2D eigenvalue weighted by atomic mass is 35.6. The summed E-state index contributed by atoms with van der Waals surface area (Å²) in [6.45, 7) is 0. The third-order valence-electron chi connectivity index (χ3n) is 0.616. The van der Waals surface area contributed by atoms with Crippen LogP contribution in [0.2, 0.25) is 0 Å². The number of hydrogen-bond acceptors (Lipinski definition) is 3. The molecule has 0 aliphatic carbocycles. The van der Waals surface area contributed by atoms with Gasteiger partial charge in [-0.05, 0) is 5.21 Å². The average Bonchev–Trinajstić information content (AvgIpc) is 2.11. The largest absolute Gasteiger partial charge is 0.347 e. The molecule has 1 aromatic heterocycles. The van der Waals surface area contributed by atoms with E-state index in [0.29, 0.717) is 4.80 Å². The summed E-state index contributed by atoms with van der Waals surface area (Å²) in [4.78, 5) is 0.535. The summed E-state index contributed by atoms with van der Waals surface area (Å²) in [6.07, 6.45) is -1.04. The molecule has 0 aliphatic rings. The second-order valence-corrected chi connectivity index (χ2v) is 3.54. The molecule has 1 rings (SSSR count). The molecular weight excluding hydrogens is 205 g/mol. The Balaban J connectivity index is 2.96. The number of hydrogen-bond donors (Lipinski definition) is 0. The summed E-state index contributed by atoms with van der Waals surface area (Å²) in [5.41, 5.74) is 0. The Morgan fingerprint density at radius 1 is 1.40 bits per heavy atom. The Morgan fingerprint density at radius 2 is 2.00 bits per heavy atom. The van der Waals surface area contributed by atoms with Gasteiger partial charge < -0.3 is 0 Å². The van der Waals surface area contributed by atoms with E-state index in [1.807, 2.05) is 0 Å². The molecule has 8 heteroatoms. The van der Waals surface area contributed by atoms with Crippen molar-refractivity contribution in [2.24, 2.45) is 0 Å². The van der Waals surface area contributed by atoms with E-state index in [1.54, 1.807) is 0 Å². The Morgan fingerprint density at radius 3 is 2.20 bits per heavy atom. The number of rotatable bonds is 0. The topological polar surface area (TPSA) is 43.6 Å². The summed E-state index contributed by atoms with van der Waals surface area (Å²) in [5.74, 6) is 0. The highest BCUT2D eigenvalue weighted by Crippen LogP contribution is 2.29. The van der Waals surface area contributed by atoms with Crippen LogP contribution in [0.15, 0.2) is 0 Å². The zero-order chi connectivity index (χ0) is 7.78. The van der Waals surface area contributed by atoms with Crippen molar-refractivity contribution >= 4 is 34.8 Å². The molecule has 0 bridgehead atoms. The van der Waals surface area contributed by atoms with Gasteiger partial charge in [0.2, 0.25) is 0 Å². The van der Waals surface area contributed by atoms with Crippen molar-refractivity contribution in [1.29, 1.82) is 0 Å². The number of aromatic nitrogens is 4. The van der Waals surface area contributed by atoms with Crippen molar-refractivity contribution in [3.8, 4) is 0 Å². The second-order valence-electron chi connectivity index (χ2n) is 1.32. The van der Waals surface area contributed by atoms with Crippen LogP contribution in [0.1, 0.15) is 0 Å². The van der Waals surface area contributed by atoms with E-state index >= 15 is 0 Å². The first-order valence-electron chi connectivity index (χ1n) is 2.03. The molecule has 0 unspecified atom stereocenters. The van der Waals surface area contributed by atoms with Crippen molar-refractivity contribution in [2.45, 2.75) is 3.92 Å². The Labute approximate surface area is 69.9 Å². The van der Waals surface area contributed by atoms with Crippen LogP contribution in [0.4, 0.5) is 4.39 Å². The number of alkyl halides is 3. The molecule has 56 valence electrons. The molecular formula is C2Cl3FN4. The highest BCUT2D eigenvalue weighted by molar-refractivity contribution is 6.64. The maximum atomic E-state index is 12.0. The van der Waals surface area contributed by atoms with Gasteiger partial charge in [-0.2, -0.15) is 4.39 Å². The highest BCUT2D eigenvalue weighted by Gasteiger charge is 2.25. The second kappa shape index (κ2) is 2.48. The SMILES string of the molecule is Fc1nnn(C(Cl)(Cl)Cl)n1. The van der Waals surface area contributed by atoms with Crippen molar-refractivity contribution in [1.82, 2.24) is 20.2 Å². The van der Waals surface area contributed by atoms with Crippen LogP contribution in [0, 0.1) is 6.08 Å². The first-order chi connectivity index (χ1) is 4.50. The van der Waals surface area contributed by atoms with Crippen molar-refractivity contribution < 1.29 is 4.39 Å². The fourth-order valence-electron chi connectivity index (χ4n) is 0.305. The number of nitrogens with zero attached hydrogens (tertiary/aromatic N) is 4. The van der Waals surface area contributed by atoms with Gasteiger partial charge in [0.05, 0.1) is 0 Å². The fraction of sp³-hybridized carbons (Fsp3) is 0.500. The van der Waals surface area contributed by atoms with Crippen LogP contribution < -0.4 is 0 Å². The molecule has 0 fully saturated rings. The lowest BCUT2D eigenvalue weighted by molar-refractivity contribution is 0.509. The number of halogens is 4. The lowest BCUT2D eigenvalue weighted by atomic mass is 11.3. The van der Waals surface area contributed by atoms with Crippen LogP contribution in [-0.4, -0.2) is 20.2 Å². The predicted octanol–water partition coefficient (Wildman–Crippen LogP) is 1.10. The van der Waals surface area contributed by atoms with Gasteiger partial charge in [-0.15, -0.1) is 4.80 Å². The monoisotopic (exact) mass is 204 g/mol. The van der Waals surface area contributed by atoms with E-state index in [9.17, 15) is 4.39 Å². The lowest BCUT2D eigenvalue weighted by Gasteiger charge is -2.05. The zero-order valence-electron chi connectivity index (χ0n) is 4.30.